The Morgan fingerprint density at radius 3 is 2.42 bits per heavy atom. The molecule has 1 amide bonds. The van der Waals surface area contributed by atoms with Crippen LogP contribution in [0.2, 0.25) is 0 Å². The molecule has 2 saturated heterocycles. The molecule has 1 saturated carbocycles. The summed E-state index contributed by atoms with van der Waals surface area (Å²) in [5.41, 5.74) is -5.22. The molecule has 59 heavy (non-hydrogen) atoms. The summed E-state index contributed by atoms with van der Waals surface area (Å²) in [5, 5.41) is 26.3. The highest BCUT2D eigenvalue weighted by atomic mass is 19.1. The minimum Gasteiger partial charge on any atom is -0.455 e. The van der Waals surface area contributed by atoms with E-state index < -0.39 is 87.9 Å². The van der Waals surface area contributed by atoms with E-state index in [0.29, 0.717) is 29.3 Å². The van der Waals surface area contributed by atoms with Gasteiger partial charge in [0, 0.05) is 47.5 Å². The molecule has 2 aliphatic heterocycles. The first-order chi connectivity index (χ1) is 27.5. The highest BCUT2D eigenvalue weighted by molar-refractivity contribution is 6.08. The van der Waals surface area contributed by atoms with Crippen molar-refractivity contribution in [1.29, 1.82) is 0 Å². The number of likely N-dealkylation sites (N-methyl/N-ethyl adjacent to an activating group) is 1. The van der Waals surface area contributed by atoms with Gasteiger partial charge in [0.15, 0.2) is 11.4 Å². The molecule has 16 heteroatoms. The summed E-state index contributed by atoms with van der Waals surface area (Å²) in [7, 11) is 3.70. The number of aliphatic hydroxyl groups excluding tert-OH is 1. The maximum Gasteiger partial charge on any atom is 0.408 e. The number of cyclic esters (lactones) is 1. The number of pyridine rings is 1. The van der Waals surface area contributed by atoms with E-state index in [1.807, 2.05) is 25.9 Å². The summed E-state index contributed by atoms with van der Waals surface area (Å²) < 4.78 is 41.8. The summed E-state index contributed by atoms with van der Waals surface area (Å²) in [6, 6.07) is 4.82. The Morgan fingerprint density at radius 1 is 1.08 bits per heavy atom. The molecular formula is C43H59FN4O11. The zero-order valence-electron chi connectivity index (χ0n) is 35.6. The van der Waals surface area contributed by atoms with Crippen molar-refractivity contribution in [1.82, 2.24) is 15.2 Å². The van der Waals surface area contributed by atoms with Crippen LogP contribution in [-0.4, -0.2) is 118 Å². The highest BCUT2D eigenvalue weighted by Crippen LogP contribution is 2.42. The van der Waals surface area contributed by atoms with Crippen molar-refractivity contribution in [2.75, 3.05) is 20.7 Å². The van der Waals surface area contributed by atoms with E-state index in [1.54, 1.807) is 58.2 Å². The second-order valence-corrected chi connectivity index (χ2v) is 17.6. The van der Waals surface area contributed by atoms with Crippen molar-refractivity contribution in [3.05, 3.63) is 52.2 Å². The van der Waals surface area contributed by atoms with E-state index in [4.69, 9.17) is 18.9 Å². The topological polar surface area (TPSA) is 197 Å². The van der Waals surface area contributed by atoms with E-state index in [-0.39, 0.29) is 42.9 Å². The van der Waals surface area contributed by atoms with Crippen LogP contribution in [-0.2, 0) is 33.3 Å². The number of nitrogens with zero attached hydrogens (tertiary/aromatic N) is 3. The van der Waals surface area contributed by atoms with Gasteiger partial charge >= 0.3 is 12.1 Å². The third-order valence-electron chi connectivity index (χ3n) is 12.7. The van der Waals surface area contributed by atoms with Gasteiger partial charge in [0.2, 0.25) is 0 Å². The SMILES string of the molecule is CC[C@@H]1OC(=O)C(C)(F)C(=O)[C@H](C)[C@@H](O[C@@H]2C[C@H](C)C[C@H](N(C)C)[C@H]2O)[C@@](C)(OC/C=C/c2cnc3ccc([N+](=O)[O-])cc3c2)C[C@@H](C)C(=O)[C@@H](C)[C@H]2NC(=O)O[C@]12C. The van der Waals surface area contributed by atoms with Crippen molar-refractivity contribution >= 4 is 46.3 Å². The van der Waals surface area contributed by atoms with Gasteiger partial charge in [0.1, 0.15) is 11.9 Å². The van der Waals surface area contributed by atoms with Crippen LogP contribution in [0.5, 0.6) is 0 Å². The van der Waals surface area contributed by atoms with Gasteiger partial charge in [-0.15, -0.1) is 0 Å². The van der Waals surface area contributed by atoms with E-state index in [0.717, 1.165) is 6.92 Å². The molecule has 13 atom stereocenters. The van der Waals surface area contributed by atoms with E-state index in [2.05, 4.69) is 10.3 Å². The number of hydrogen-bond acceptors (Lipinski definition) is 13. The number of nitro benzene ring substituents is 1. The number of aromatic nitrogens is 1. The Labute approximate surface area is 344 Å². The number of Topliss-reactive ketones (excluding diaryl/α,β-unsaturated/α-hetero) is 2. The number of benzene rings is 1. The van der Waals surface area contributed by atoms with Crippen molar-refractivity contribution in [3.63, 3.8) is 0 Å². The molecule has 0 spiro atoms. The first-order valence-electron chi connectivity index (χ1n) is 20.4. The third kappa shape index (κ3) is 9.35. The smallest absolute Gasteiger partial charge is 0.408 e. The number of ether oxygens (including phenoxy) is 4. The maximum atomic E-state index is 16.9. The molecule has 1 aromatic carbocycles. The lowest BCUT2D eigenvalue weighted by molar-refractivity contribution is -0.384. The van der Waals surface area contributed by atoms with Crippen LogP contribution < -0.4 is 5.32 Å². The van der Waals surface area contributed by atoms with Gasteiger partial charge in [0.05, 0.1) is 47.0 Å². The van der Waals surface area contributed by atoms with Crippen LogP contribution >= 0.6 is 0 Å². The minimum atomic E-state index is -3.20. The monoisotopic (exact) mass is 826 g/mol. The van der Waals surface area contributed by atoms with E-state index in [9.17, 15) is 34.4 Å². The summed E-state index contributed by atoms with van der Waals surface area (Å²) >= 11 is 0. The Kier molecular flexibility index (Phi) is 13.7. The molecule has 3 heterocycles. The Bertz CT molecular complexity index is 1960. The van der Waals surface area contributed by atoms with Crippen molar-refractivity contribution in [2.24, 2.45) is 23.7 Å². The number of amides is 1. The molecule has 0 bridgehead atoms. The zero-order valence-corrected chi connectivity index (χ0v) is 35.6. The van der Waals surface area contributed by atoms with E-state index >= 15 is 4.39 Å². The predicted molar refractivity (Wildman–Crippen MR) is 216 cm³/mol. The molecule has 0 radical (unpaired) electrons. The largest absolute Gasteiger partial charge is 0.455 e. The molecule has 324 valence electrons. The number of hydrogen-bond donors (Lipinski definition) is 2. The van der Waals surface area contributed by atoms with Crippen molar-refractivity contribution < 1.29 is 52.5 Å². The summed E-state index contributed by atoms with van der Waals surface area (Å²) in [6.07, 6.45) is 0.889. The van der Waals surface area contributed by atoms with Crippen LogP contribution in [0.3, 0.4) is 0 Å². The van der Waals surface area contributed by atoms with Crippen LogP contribution in [0, 0.1) is 33.8 Å². The van der Waals surface area contributed by atoms with Gasteiger partial charge in [-0.05, 0) is 84.2 Å². The average molecular weight is 827 g/mol. The Balaban J connectivity index is 1.58. The summed E-state index contributed by atoms with van der Waals surface area (Å²) in [6.45, 7) is 12.4. The van der Waals surface area contributed by atoms with Crippen molar-refractivity contribution in [2.45, 2.75) is 134 Å². The molecule has 3 aliphatic rings. The molecular weight excluding hydrogens is 767 g/mol. The molecule has 1 unspecified atom stereocenters. The second-order valence-electron chi connectivity index (χ2n) is 17.6. The van der Waals surface area contributed by atoms with Crippen LogP contribution in [0.15, 0.2) is 36.5 Å². The first kappa shape index (κ1) is 45.7. The number of halogens is 1. The van der Waals surface area contributed by atoms with Crippen LogP contribution in [0.25, 0.3) is 17.0 Å². The molecule has 2 aromatic rings. The predicted octanol–water partition coefficient (Wildman–Crippen LogP) is 5.77. The number of nitrogens with one attached hydrogen (secondary N) is 1. The lowest BCUT2D eigenvalue weighted by Crippen LogP contribution is -2.61. The number of esters is 1. The number of carbonyl (C=O) groups excluding carboxylic acids is 4. The number of ketones is 2. The molecule has 15 nitrogen and oxygen atoms in total. The van der Waals surface area contributed by atoms with Gasteiger partial charge < -0.3 is 34.3 Å². The number of fused-ring (bicyclic) bond motifs is 2. The number of nitro groups is 1. The summed E-state index contributed by atoms with van der Waals surface area (Å²) in [5.74, 6) is -5.87. The minimum absolute atomic E-state index is 0.0497. The van der Waals surface area contributed by atoms with Gasteiger partial charge in [-0.3, -0.25) is 24.7 Å². The number of rotatable bonds is 9. The van der Waals surface area contributed by atoms with Gasteiger partial charge in [0.25, 0.3) is 11.4 Å². The highest BCUT2D eigenvalue weighted by Gasteiger charge is 2.59. The number of aliphatic hydroxyl groups is 1. The first-order valence-corrected chi connectivity index (χ1v) is 20.4. The second kappa shape index (κ2) is 17.7. The maximum absolute atomic E-state index is 16.9. The number of alkyl carbamates (subject to hydrolysis) is 1. The number of carbonyl (C=O) groups is 4. The molecule has 5 rings (SSSR count). The quantitative estimate of drug-likeness (QED) is 0.134. The fourth-order valence-corrected chi connectivity index (χ4v) is 9.37. The normalized spacial score (nSPS) is 37.5. The average Bonchev–Trinajstić information content (AvgIpc) is 3.50. The molecule has 1 aromatic heterocycles. The lowest BCUT2D eigenvalue weighted by atomic mass is 9.73. The number of alkyl halides is 1. The molecule has 2 N–H and O–H groups in total. The van der Waals surface area contributed by atoms with E-state index in [1.165, 1.54) is 26.0 Å². The fourth-order valence-electron chi connectivity index (χ4n) is 9.37. The number of non-ortho nitro benzene ring substituents is 1. The third-order valence-corrected chi connectivity index (χ3v) is 12.7. The van der Waals surface area contributed by atoms with Gasteiger partial charge in [-0.25, -0.2) is 14.0 Å². The van der Waals surface area contributed by atoms with Gasteiger partial charge in [-0.1, -0.05) is 46.8 Å². The molecule has 3 fully saturated rings. The van der Waals surface area contributed by atoms with Crippen molar-refractivity contribution in [3.8, 4) is 0 Å². The van der Waals surface area contributed by atoms with Crippen LogP contribution in [0.4, 0.5) is 14.9 Å². The Morgan fingerprint density at radius 2 is 1.78 bits per heavy atom. The lowest BCUT2D eigenvalue weighted by Gasteiger charge is -2.47. The van der Waals surface area contributed by atoms with Gasteiger partial charge in [-0.2, -0.15) is 0 Å². The Hall–Kier alpha value is -4.38. The summed E-state index contributed by atoms with van der Waals surface area (Å²) in [4.78, 5) is 72.6. The molecule has 1 aliphatic carbocycles. The standard InChI is InChI=1S/C43H59FN4O11/c1-11-33-43(8)36(46-40(53)59-43)25(4)34(49)24(3)21-41(6,56-16-12-13-27-19-28-20-29(48(54)55)14-15-30(28)45-22-27)38(26(5)37(51)42(7,44)39(52)58-33)57-32-18-23(2)17-31(35(32)50)47(9)10/h12-15,19-20,22-26,31-33,35-36,38,50H,11,16-18,21H2,1-10H3,(H,46,53)/b13-12+/t23-,24-,25-,26+,31+,32-,33+,35-,36-,38-,41+,42?,43-/m1/s1. The fraction of sp³-hybridized carbons (Fsp3) is 0.651. The zero-order chi connectivity index (χ0) is 43.8. The van der Waals surface area contributed by atoms with Crippen LogP contribution in [0.1, 0.15) is 86.6 Å².